The lowest BCUT2D eigenvalue weighted by molar-refractivity contribution is -0.119. The van der Waals surface area contributed by atoms with Crippen LogP contribution in [0.1, 0.15) is 6.92 Å². The molecule has 14 heavy (non-hydrogen) atoms. The lowest BCUT2D eigenvalue weighted by Gasteiger charge is -2.17. The number of hydrogen-bond donors (Lipinski definition) is 1. The predicted octanol–water partition coefficient (Wildman–Crippen LogP) is 1.13. The van der Waals surface area contributed by atoms with Gasteiger partial charge in [-0.1, -0.05) is 18.2 Å². The van der Waals surface area contributed by atoms with Crippen LogP contribution in [0.4, 0.5) is 10.5 Å². The minimum absolute atomic E-state index is 0.251. The van der Waals surface area contributed by atoms with Crippen molar-refractivity contribution in [3.8, 4) is 0 Å². The molecule has 0 saturated carbocycles. The molecule has 1 aliphatic heterocycles. The maximum absolute atomic E-state index is 11.4. The summed E-state index contributed by atoms with van der Waals surface area (Å²) < 4.78 is 0. The van der Waals surface area contributed by atoms with Gasteiger partial charge >= 0.3 is 6.03 Å². The lowest BCUT2D eigenvalue weighted by atomic mass is 10.2. The van der Waals surface area contributed by atoms with Crippen molar-refractivity contribution in [2.24, 2.45) is 0 Å². The van der Waals surface area contributed by atoms with Crippen molar-refractivity contribution in [3.05, 3.63) is 30.3 Å². The lowest BCUT2D eigenvalue weighted by Crippen LogP contribution is -2.32. The Morgan fingerprint density at radius 3 is 2.36 bits per heavy atom. The smallest absolute Gasteiger partial charge is 0.282 e. The zero-order valence-electron chi connectivity index (χ0n) is 7.73. The van der Waals surface area contributed by atoms with E-state index >= 15 is 0 Å². The molecular weight excluding hydrogens is 180 g/mol. The highest BCUT2D eigenvalue weighted by Gasteiger charge is 2.35. The Kier molecular flexibility index (Phi) is 1.96. The van der Waals surface area contributed by atoms with Crippen molar-refractivity contribution in [2.45, 2.75) is 13.0 Å². The fourth-order valence-corrected chi connectivity index (χ4v) is 1.49. The Morgan fingerprint density at radius 1 is 1.21 bits per heavy atom. The molecule has 1 saturated heterocycles. The van der Waals surface area contributed by atoms with Crippen molar-refractivity contribution in [1.29, 1.82) is 0 Å². The summed E-state index contributed by atoms with van der Waals surface area (Å²) in [6, 6.07) is 8.35. The van der Waals surface area contributed by atoms with Crippen LogP contribution in [0.25, 0.3) is 0 Å². The molecule has 1 aromatic rings. The number of imide groups is 1. The van der Waals surface area contributed by atoms with Crippen LogP contribution in [-0.4, -0.2) is 18.0 Å². The van der Waals surface area contributed by atoms with E-state index in [4.69, 9.17) is 0 Å². The van der Waals surface area contributed by atoms with Crippen molar-refractivity contribution in [2.75, 3.05) is 4.90 Å². The Bertz CT molecular complexity index is 375. The van der Waals surface area contributed by atoms with Gasteiger partial charge in [-0.15, -0.1) is 0 Å². The molecule has 1 aromatic carbocycles. The SMILES string of the molecule is C[C@@H]1C(=O)NC(=O)N1c1ccccc1. The van der Waals surface area contributed by atoms with E-state index in [1.165, 1.54) is 4.90 Å². The number of para-hydroxylation sites is 1. The molecule has 72 valence electrons. The van der Waals surface area contributed by atoms with E-state index in [-0.39, 0.29) is 11.9 Å². The van der Waals surface area contributed by atoms with Crippen LogP contribution in [0.5, 0.6) is 0 Å². The number of nitrogens with one attached hydrogen (secondary N) is 1. The Labute approximate surface area is 81.5 Å². The number of anilines is 1. The molecule has 0 aromatic heterocycles. The molecule has 0 radical (unpaired) electrons. The molecule has 1 heterocycles. The fraction of sp³-hybridized carbons (Fsp3) is 0.200. The summed E-state index contributed by atoms with van der Waals surface area (Å²) in [7, 11) is 0. The maximum Gasteiger partial charge on any atom is 0.329 e. The number of rotatable bonds is 1. The predicted molar refractivity (Wildman–Crippen MR) is 51.9 cm³/mol. The first-order chi connectivity index (χ1) is 6.70. The van der Waals surface area contributed by atoms with E-state index in [0.29, 0.717) is 0 Å². The first kappa shape index (κ1) is 8.74. The summed E-state index contributed by atoms with van der Waals surface area (Å²) in [5.74, 6) is -0.251. The average Bonchev–Trinajstić information content (AvgIpc) is 2.43. The third-order valence-electron chi connectivity index (χ3n) is 2.25. The van der Waals surface area contributed by atoms with Gasteiger partial charge < -0.3 is 0 Å². The molecule has 1 fully saturated rings. The molecular formula is C10H10N2O2. The maximum atomic E-state index is 11.4. The van der Waals surface area contributed by atoms with Gasteiger partial charge in [-0.25, -0.2) is 4.79 Å². The number of nitrogens with zero attached hydrogens (tertiary/aromatic N) is 1. The number of carbonyl (C=O) groups is 2. The average molecular weight is 190 g/mol. The molecule has 3 amide bonds. The third kappa shape index (κ3) is 1.25. The van der Waals surface area contributed by atoms with E-state index in [0.717, 1.165) is 5.69 Å². The minimum Gasteiger partial charge on any atom is -0.282 e. The van der Waals surface area contributed by atoms with E-state index in [1.54, 1.807) is 19.1 Å². The molecule has 1 atom stereocenters. The summed E-state index contributed by atoms with van der Waals surface area (Å²) >= 11 is 0. The Morgan fingerprint density at radius 2 is 1.86 bits per heavy atom. The van der Waals surface area contributed by atoms with Gasteiger partial charge in [0.2, 0.25) is 0 Å². The molecule has 0 aliphatic carbocycles. The molecule has 2 rings (SSSR count). The third-order valence-corrected chi connectivity index (χ3v) is 2.25. The Balaban J connectivity index is 2.36. The van der Waals surface area contributed by atoms with E-state index in [1.807, 2.05) is 18.2 Å². The summed E-state index contributed by atoms with van der Waals surface area (Å²) in [6.45, 7) is 1.70. The number of hydrogen-bond acceptors (Lipinski definition) is 2. The van der Waals surface area contributed by atoms with E-state index in [9.17, 15) is 9.59 Å². The molecule has 0 bridgehead atoms. The van der Waals surface area contributed by atoms with E-state index in [2.05, 4.69) is 5.32 Å². The van der Waals surface area contributed by atoms with Gasteiger partial charge in [-0.2, -0.15) is 0 Å². The first-order valence-electron chi connectivity index (χ1n) is 4.39. The van der Waals surface area contributed by atoms with E-state index < -0.39 is 6.04 Å². The summed E-state index contributed by atoms with van der Waals surface area (Å²) in [6.07, 6.45) is 0. The number of amides is 3. The molecule has 4 nitrogen and oxygen atoms in total. The Hall–Kier alpha value is -1.84. The molecule has 1 aliphatic rings. The van der Waals surface area contributed by atoms with Gasteiger partial charge in [0, 0.05) is 5.69 Å². The van der Waals surface area contributed by atoms with Gasteiger partial charge in [-0.3, -0.25) is 15.0 Å². The van der Waals surface area contributed by atoms with Crippen LogP contribution in [0.2, 0.25) is 0 Å². The van der Waals surface area contributed by atoms with Crippen LogP contribution in [0, 0.1) is 0 Å². The quantitative estimate of drug-likeness (QED) is 0.675. The van der Waals surface area contributed by atoms with Crippen LogP contribution >= 0.6 is 0 Å². The van der Waals surface area contributed by atoms with Gasteiger partial charge in [0.05, 0.1) is 0 Å². The fourth-order valence-electron chi connectivity index (χ4n) is 1.49. The highest BCUT2D eigenvalue weighted by molar-refractivity contribution is 6.14. The number of urea groups is 1. The van der Waals surface area contributed by atoms with Crippen LogP contribution in [0.15, 0.2) is 30.3 Å². The van der Waals surface area contributed by atoms with Crippen molar-refractivity contribution in [3.63, 3.8) is 0 Å². The second kappa shape index (κ2) is 3.14. The molecule has 0 unspecified atom stereocenters. The normalized spacial score (nSPS) is 21.2. The highest BCUT2D eigenvalue weighted by Crippen LogP contribution is 2.19. The molecule has 4 heteroatoms. The van der Waals surface area contributed by atoms with Crippen molar-refractivity contribution >= 4 is 17.6 Å². The minimum atomic E-state index is -0.426. The van der Waals surface area contributed by atoms with Crippen LogP contribution < -0.4 is 10.2 Å². The summed E-state index contributed by atoms with van der Waals surface area (Å²) in [5, 5.41) is 2.26. The largest absolute Gasteiger partial charge is 0.329 e. The van der Waals surface area contributed by atoms with Crippen molar-refractivity contribution < 1.29 is 9.59 Å². The molecule has 1 N–H and O–H groups in total. The zero-order chi connectivity index (χ0) is 10.1. The van der Waals surface area contributed by atoms with Gasteiger partial charge in [0.25, 0.3) is 5.91 Å². The summed E-state index contributed by atoms with van der Waals surface area (Å²) in [5.41, 5.74) is 0.739. The van der Waals surface area contributed by atoms with Crippen molar-refractivity contribution in [1.82, 2.24) is 5.32 Å². The van der Waals surface area contributed by atoms with Gasteiger partial charge in [0.1, 0.15) is 6.04 Å². The van der Waals surface area contributed by atoms with Crippen LogP contribution in [-0.2, 0) is 4.79 Å². The number of benzene rings is 1. The standard InChI is InChI=1S/C10H10N2O2/c1-7-9(13)11-10(14)12(7)8-5-3-2-4-6-8/h2-7H,1H3,(H,11,13,14)/t7-/m1/s1. The highest BCUT2D eigenvalue weighted by atomic mass is 16.2. The molecule has 0 spiro atoms. The first-order valence-corrected chi connectivity index (χ1v) is 4.39. The zero-order valence-corrected chi connectivity index (χ0v) is 7.73. The number of carbonyl (C=O) groups excluding carboxylic acids is 2. The van der Waals surface area contributed by atoms with Crippen LogP contribution in [0.3, 0.4) is 0 Å². The van der Waals surface area contributed by atoms with Gasteiger partial charge in [-0.05, 0) is 19.1 Å². The monoisotopic (exact) mass is 190 g/mol. The van der Waals surface area contributed by atoms with Gasteiger partial charge in [0.15, 0.2) is 0 Å². The second-order valence-corrected chi connectivity index (χ2v) is 3.18. The topological polar surface area (TPSA) is 49.4 Å². The second-order valence-electron chi connectivity index (χ2n) is 3.18. The summed E-state index contributed by atoms with van der Waals surface area (Å²) in [4.78, 5) is 24.0.